The highest BCUT2D eigenvalue weighted by atomic mass is 19.3. The van der Waals surface area contributed by atoms with Crippen LogP contribution in [0.3, 0.4) is 0 Å². The minimum absolute atomic E-state index is 0.0595. The molecule has 5 nitrogen and oxygen atoms in total. The Morgan fingerprint density at radius 1 is 1.16 bits per heavy atom. The summed E-state index contributed by atoms with van der Waals surface area (Å²) < 4.78 is 34.7. The number of benzene rings is 1. The third kappa shape index (κ3) is 2.40. The molecule has 0 amide bonds. The zero-order valence-corrected chi connectivity index (χ0v) is 9.64. The highest BCUT2D eigenvalue weighted by Gasteiger charge is 2.16. The van der Waals surface area contributed by atoms with E-state index < -0.39 is 12.3 Å². The first-order chi connectivity index (χ1) is 9.22. The molecule has 0 saturated heterocycles. The lowest BCUT2D eigenvalue weighted by Gasteiger charge is -1.96. The number of nitrogens with zero attached hydrogens (tertiary/aromatic N) is 2. The van der Waals surface area contributed by atoms with E-state index in [1.54, 1.807) is 0 Å². The van der Waals surface area contributed by atoms with Gasteiger partial charge in [0.1, 0.15) is 11.3 Å². The van der Waals surface area contributed by atoms with Gasteiger partial charge in [-0.1, -0.05) is 23.3 Å². The number of aromatic nitrogens is 2. The summed E-state index contributed by atoms with van der Waals surface area (Å²) >= 11 is 0. The lowest BCUT2D eigenvalue weighted by atomic mass is 10.2. The normalized spacial score (nSPS) is 11.3. The molecule has 0 aliphatic carbocycles. The van der Waals surface area contributed by atoms with Crippen molar-refractivity contribution in [3.63, 3.8) is 0 Å². The molecule has 3 aromatic rings. The van der Waals surface area contributed by atoms with E-state index in [9.17, 15) is 8.78 Å². The number of hydrogen-bond donors (Lipinski definition) is 1. The first-order valence-corrected chi connectivity index (χ1v) is 5.55. The van der Waals surface area contributed by atoms with Crippen molar-refractivity contribution in [3.05, 3.63) is 42.0 Å². The van der Waals surface area contributed by atoms with Crippen LogP contribution >= 0.6 is 0 Å². The molecular weight excluding hydrogens is 256 g/mol. The fourth-order valence-electron chi connectivity index (χ4n) is 1.68. The van der Waals surface area contributed by atoms with E-state index in [2.05, 4.69) is 15.5 Å². The first-order valence-electron chi connectivity index (χ1n) is 5.55. The molecule has 2 heterocycles. The topological polar surface area (TPSA) is 64.1 Å². The molecular formula is C12H9F2N3O2. The minimum atomic E-state index is -2.77. The van der Waals surface area contributed by atoms with E-state index in [0.717, 1.165) is 11.0 Å². The number of para-hydroxylation sites is 1. The average molecular weight is 265 g/mol. The zero-order chi connectivity index (χ0) is 13.2. The number of hydrogen-bond acceptors (Lipinski definition) is 5. The number of alkyl halides is 2. The van der Waals surface area contributed by atoms with Crippen LogP contribution in [-0.4, -0.2) is 10.2 Å². The molecule has 2 aromatic heterocycles. The van der Waals surface area contributed by atoms with Gasteiger partial charge in [-0.15, -0.1) is 5.10 Å². The summed E-state index contributed by atoms with van der Waals surface area (Å²) in [6.45, 7) is 0.277. The number of nitrogens with one attached hydrogen (secondary N) is 1. The number of fused-ring (bicyclic) bond motifs is 1. The van der Waals surface area contributed by atoms with Gasteiger partial charge in [-0.2, -0.15) is 8.78 Å². The summed E-state index contributed by atoms with van der Waals surface area (Å²) in [7, 11) is 0. The second-order valence-electron chi connectivity index (χ2n) is 3.85. The largest absolute Gasteiger partial charge is 0.459 e. The van der Waals surface area contributed by atoms with Gasteiger partial charge in [0, 0.05) is 5.39 Å². The van der Waals surface area contributed by atoms with E-state index >= 15 is 0 Å². The average Bonchev–Trinajstić information content (AvgIpc) is 3.02. The zero-order valence-electron chi connectivity index (χ0n) is 9.64. The molecule has 0 radical (unpaired) electrons. The fraction of sp³-hybridized carbons (Fsp3) is 0.167. The second-order valence-corrected chi connectivity index (χ2v) is 3.85. The van der Waals surface area contributed by atoms with E-state index in [-0.39, 0.29) is 12.6 Å². The molecule has 0 unspecified atom stereocenters. The van der Waals surface area contributed by atoms with Crippen molar-refractivity contribution in [3.8, 4) is 0 Å². The van der Waals surface area contributed by atoms with Crippen molar-refractivity contribution in [2.24, 2.45) is 0 Å². The molecule has 7 heteroatoms. The quantitative estimate of drug-likeness (QED) is 0.783. The Labute approximate surface area is 106 Å². The molecule has 0 aliphatic rings. The summed E-state index contributed by atoms with van der Waals surface area (Å²) in [6, 6.07) is 9.34. The molecule has 0 spiro atoms. The molecule has 0 fully saturated rings. The molecule has 19 heavy (non-hydrogen) atoms. The summed E-state index contributed by atoms with van der Waals surface area (Å²) in [5.41, 5.74) is 0.762. The molecule has 98 valence electrons. The third-order valence-electron chi connectivity index (χ3n) is 2.52. The molecule has 1 N–H and O–H groups in total. The molecule has 0 atom stereocenters. The molecule has 3 rings (SSSR count). The van der Waals surface area contributed by atoms with Crippen LogP contribution in [0.25, 0.3) is 11.0 Å². The minimum Gasteiger partial charge on any atom is -0.459 e. The summed E-state index contributed by atoms with van der Waals surface area (Å²) in [6.07, 6.45) is -2.77. The maximum Gasteiger partial charge on any atom is 0.316 e. The fourth-order valence-corrected chi connectivity index (χ4v) is 1.68. The second kappa shape index (κ2) is 4.68. The predicted octanol–water partition coefficient (Wildman–Crippen LogP) is 3.37. The number of furan rings is 1. The summed E-state index contributed by atoms with van der Waals surface area (Å²) in [5, 5.41) is 10.4. The number of rotatable bonds is 4. The van der Waals surface area contributed by atoms with Gasteiger partial charge in [0.25, 0.3) is 5.89 Å². The Morgan fingerprint density at radius 3 is 2.74 bits per heavy atom. The van der Waals surface area contributed by atoms with Gasteiger partial charge in [-0.05, 0) is 12.1 Å². The van der Waals surface area contributed by atoms with E-state index in [1.165, 1.54) is 0 Å². The monoisotopic (exact) mass is 265 g/mol. The standard InChI is InChI=1S/C12H9F2N3O2/c13-10(14)11-16-17-12(19-11)15-6-8-5-7-3-1-2-4-9(7)18-8/h1-5,10H,6H2,(H,15,17). The van der Waals surface area contributed by atoms with Crippen LogP contribution in [0.15, 0.2) is 39.2 Å². The number of halogens is 2. The van der Waals surface area contributed by atoms with Crippen molar-refractivity contribution >= 4 is 17.0 Å². The highest BCUT2D eigenvalue weighted by molar-refractivity contribution is 5.77. The van der Waals surface area contributed by atoms with Gasteiger partial charge in [0.05, 0.1) is 6.54 Å². The van der Waals surface area contributed by atoms with Gasteiger partial charge >= 0.3 is 12.4 Å². The first kappa shape index (κ1) is 11.6. The molecule has 0 bridgehead atoms. The predicted molar refractivity (Wildman–Crippen MR) is 62.8 cm³/mol. The van der Waals surface area contributed by atoms with Gasteiger partial charge in [-0.25, -0.2) is 0 Å². The van der Waals surface area contributed by atoms with Crippen molar-refractivity contribution < 1.29 is 17.6 Å². The third-order valence-corrected chi connectivity index (χ3v) is 2.52. The summed E-state index contributed by atoms with van der Waals surface area (Å²) in [4.78, 5) is 0. The van der Waals surface area contributed by atoms with Crippen molar-refractivity contribution in [1.82, 2.24) is 10.2 Å². The van der Waals surface area contributed by atoms with E-state index in [0.29, 0.717) is 5.76 Å². The van der Waals surface area contributed by atoms with Crippen LogP contribution < -0.4 is 5.32 Å². The van der Waals surface area contributed by atoms with E-state index in [4.69, 9.17) is 8.83 Å². The van der Waals surface area contributed by atoms with Crippen LogP contribution in [0.5, 0.6) is 0 Å². The molecule has 1 aromatic carbocycles. The molecule has 0 saturated carbocycles. The lowest BCUT2D eigenvalue weighted by Crippen LogP contribution is -1.97. The SMILES string of the molecule is FC(F)c1nnc(NCc2cc3ccccc3o2)o1. The smallest absolute Gasteiger partial charge is 0.316 e. The van der Waals surface area contributed by atoms with Crippen molar-refractivity contribution in [1.29, 1.82) is 0 Å². The van der Waals surface area contributed by atoms with Crippen LogP contribution in [0.1, 0.15) is 18.1 Å². The van der Waals surface area contributed by atoms with Gasteiger partial charge < -0.3 is 14.2 Å². The van der Waals surface area contributed by atoms with Crippen LogP contribution in [-0.2, 0) is 6.54 Å². The Bertz CT molecular complexity index is 660. The van der Waals surface area contributed by atoms with Crippen LogP contribution in [0.4, 0.5) is 14.8 Å². The van der Waals surface area contributed by atoms with Crippen LogP contribution in [0.2, 0.25) is 0 Å². The molecule has 0 aliphatic heterocycles. The van der Waals surface area contributed by atoms with Gasteiger partial charge in [0.2, 0.25) is 0 Å². The lowest BCUT2D eigenvalue weighted by molar-refractivity contribution is 0.116. The highest BCUT2D eigenvalue weighted by Crippen LogP contribution is 2.21. The van der Waals surface area contributed by atoms with Gasteiger partial charge in [0.15, 0.2) is 0 Å². The Hall–Kier alpha value is -2.44. The van der Waals surface area contributed by atoms with Crippen molar-refractivity contribution in [2.75, 3.05) is 5.32 Å². The van der Waals surface area contributed by atoms with Crippen LogP contribution in [0, 0.1) is 0 Å². The van der Waals surface area contributed by atoms with Crippen molar-refractivity contribution in [2.45, 2.75) is 13.0 Å². The summed E-state index contributed by atoms with van der Waals surface area (Å²) in [5.74, 6) is -0.0508. The van der Waals surface area contributed by atoms with E-state index in [1.807, 2.05) is 30.3 Å². The number of anilines is 1. The Kier molecular flexibility index (Phi) is 2.86. The van der Waals surface area contributed by atoms with Gasteiger partial charge in [-0.3, -0.25) is 0 Å². The maximum absolute atomic E-state index is 12.2. The maximum atomic E-state index is 12.2. The Balaban J connectivity index is 1.71. The Morgan fingerprint density at radius 2 is 2.00 bits per heavy atom.